The Bertz CT molecular complexity index is 1180. The monoisotopic (exact) mass is 436 g/mol. The van der Waals surface area contributed by atoms with Gasteiger partial charge in [0, 0.05) is 6.54 Å². The molecule has 4 aromatic rings. The molecule has 3 aromatic heterocycles. The minimum atomic E-state index is -0.429. The molecule has 5 rings (SSSR count). The minimum absolute atomic E-state index is 0.0375. The van der Waals surface area contributed by atoms with Gasteiger partial charge >= 0.3 is 0 Å². The molecule has 158 valence electrons. The summed E-state index contributed by atoms with van der Waals surface area (Å²) in [6, 6.07) is 11.6. The standard InChI is InChI=1S/C21H20N6O3S/c1-29-15-6-4-14(5-7-15)21(8-9-21)20(28)22-10-11-27-13-16(24-26-27)19-23-18(25-30-19)17-3-2-12-31-17/h2-7,12-13H,8-11H2,1H3,(H,22,28). The van der Waals surface area contributed by atoms with Gasteiger partial charge in [-0.05, 0) is 42.0 Å². The molecule has 1 aliphatic carbocycles. The van der Waals surface area contributed by atoms with Crippen LogP contribution < -0.4 is 10.1 Å². The predicted molar refractivity (Wildman–Crippen MR) is 114 cm³/mol. The van der Waals surface area contributed by atoms with Gasteiger partial charge in [0.15, 0.2) is 5.69 Å². The third kappa shape index (κ3) is 3.81. The fraction of sp³-hybridized carbons (Fsp3) is 0.286. The average molecular weight is 436 g/mol. The topological polar surface area (TPSA) is 108 Å². The van der Waals surface area contributed by atoms with Crippen molar-refractivity contribution in [3.05, 3.63) is 53.5 Å². The second kappa shape index (κ2) is 7.95. The van der Waals surface area contributed by atoms with Crippen LogP contribution in [-0.4, -0.2) is 44.7 Å². The Balaban J connectivity index is 1.18. The maximum atomic E-state index is 12.8. The van der Waals surface area contributed by atoms with Crippen molar-refractivity contribution >= 4 is 17.2 Å². The first-order valence-electron chi connectivity index (χ1n) is 9.89. The lowest BCUT2D eigenvalue weighted by molar-refractivity contribution is -0.123. The number of hydrogen-bond acceptors (Lipinski definition) is 8. The number of nitrogens with one attached hydrogen (secondary N) is 1. The van der Waals surface area contributed by atoms with Crippen LogP contribution in [0, 0.1) is 0 Å². The van der Waals surface area contributed by atoms with Crippen LogP contribution in [-0.2, 0) is 16.8 Å². The number of rotatable bonds is 8. The minimum Gasteiger partial charge on any atom is -0.497 e. The van der Waals surface area contributed by atoms with E-state index in [1.807, 2.05) is 41.8 Å². The molecule has 1 fully saturated rings. The summed E-state index contributed by atoms with van der Waals surface area (Å²) in [4.78, 5) is 18.1. The highest BCUT2D eigenvalue weighted by atomic mass is 32.1. The van der Waals surface area contributed by atoms with E-state index in [1.54, 1.807) is 18.0 Å². The maximum Gasteiger partial charge on any atom is 0.280 e. The van der Waals surface area contributed by atoms with Crippen molar-refractivity contribution < 1.29 is 14.1 Å². The highest BCUT2D eigenvalue weighted by Crippen LogP contribution is 2.48. The number of hydrogen-bond donors (Lipinski definition) is 1. The molecular weight excluding hydrogens is 416 g/mol. The normalized spacial score (nSPS) is 14.4. The number of carbonyl (C=O) groups is 1. The highest BCUT2D eigenvalue weighted by molar-refractivity contribution is 7.13. The van der Waals surface area contributed by atoms with Gasteiger partial charge < -0.3 is 14.6 Å². The predicted octanol–water partition coefficient (Wildman–Crippen LogP) is 2.91. The van der Waals surface area contributed by atoms with Crippen molar-refractivity contribution in [3.63, 3.8) is 0 Å². The molecular formula is C21H20N6O3S. The summed E-state index contributed by atoms with van der Waals surface area (Å²) in [7, 11) is 1.63. The van der Waals surface area contributed by atoms with Gasteiger partial charge in [-0.1, -0.05) is 28.6 Å². The Labute approximate surface area is 182 Å². The molecule has 1 amide bonds. The van der Waals surface area contributed by atoms with Crippen LogP contribution >= 0.6 is 11.3 Å². The third-order valence-corrected chi connectivity index (χ3v) is 6.24. The lowest BCUT2D eigenvalue weighted by atomic mass is 9.95. The molecule has 10 heteroatoms. The maximum absolute atomic E-state index is 12.8. The molecule has 0 aliphatic heterocycles. The zero-order valence-electron chi connectivity index (χ0n) is 16.8. The van der Waals surface area contributed by atoms with Gasteiger partial charge in [-0.2, -0.15) is 4.98 Å². The Morgan fingerprint density at radius 3 is 2.84 bits per heavy atom. The van der Waals surface area contributed by atoms with E-state index >= 15 is 0 Å². The molecule has 0 unspecified atom stereocenters. The van der Waals surface area contributed by atoms with E-state index in [1.165, 1.54) is 11.3 Å². The van der Waals surface area contributed by atoms with Gasteiger partial charge in [0.1, 0.15) is 5.75 Å². The first kappa shape index (κ1) is 19.4. The number of benzene rings is 1. The summed E-state index contributed by atoms with van der Waals surface area (Å²) < 4.78 is 12.2. The summed E-state index contributed by atoms with van der Waals surface area (Å²) in [6.07, 6.45) is 3.43. The van der Waals surface area contributed by atoms with Crippen LogP contribution in [0.25, 0.3) is 22.3 Å². The van der Waals surface area contributed by atoms with E-state index in [0.717, 1.165) is 29.0 Å². The number of nitrogens with zero attached hydrogens (tertiary/aromatic N) is 5. The van der Waals surface area contributed by atoms with Crippen LogP contribution in [0.5, 0.6) is 5.75 Å². The van der Waals surface area contributed by atoms with E-state index in [-0.39, 0.29) is 5.91 Å². The second-order valence-electron chi connectivity index (χ2n) is 7.33. The number of amides is 1. The fourth-order valence-corrected chi connectivity index (χ4v) is 4.12. The first-order chi connectivity index (χ1) is 15.2. The second-order valence-corrected chi connectivity index (χ2v) is 8.28. The van der Waals surface area contributed by atoms with Crippen LogP contribution in [0.1, 0.15) is 18.4 Å². The smallest absolute Gasteiger partial charge is 0.280 e. The molecule has 0 atom stereocenters. The summed E-state index contributed by atoms with van der Waals surface area (Å²) in [6.45, 7) is 0.938. The van der Waals surface area contributed by atoms with Gasteiger partial charge in [0.2, 0.25) is 11.7 Å². The molecule has 0 bridgehead atoms. The number of aromatic nitrogens is 5. The van der Waals surface area contributed by atoms with E-state index in [4.69, 9.17) is 9.26 Å². The van der Waals surface area contributed by atoms with Crippen molar-refractivity contribution in [3.8, 4) is 28.0 Å². The number of ether oxygens (including phenoxy) is 1. The summed E-state index contributed by atoms with van der Waals surface area (Å²) >= 11 is 1.54. The van der Waals surface area contributed by atoms with E-state index < -0.39 is 5.41 Å². The zero-order valence-corrected chi connectivity index (χ0v) is 17.6. The molecule has 0 spiro atoms. The molecule has 1 aromatic carbocycles. The Hall–Kier alpha value is -3.53. The van der Waals surface area contributed by atoms with Crippen molar-refractivity contribution in [2.45, 2.75) is 24.8 Å². The van der Waals surface area contributed by atoms with Crippen LogP contribution in [0.4, 0.5) is 0 Å². The first-order valence-corrected chi connectivity index (χ1v) is 10.8. The molecule has 0 radical (unpaired) electrons. The molecule has 31 heavy (non-hydrogen) atoms. The largest absolute Gasteiger partial charge is 0.497 e. The molecule has 0 saturated heterocycles. The van der Waals surface area contributed by atoms with Gasteiger partial charge in [-0.15, -0.1) is 16.4 Å². The number of thiophene rings is 1. The Kier molecular flexibility index (Phi) is 4.99. The summed E-state index contributed by atoms with van der Waals surface area (Å²) in [5, 5.41) is 17.2. The van der Waals surface area contributed by atoms with Crippen molar-refractivity contribution in [2.75, 3.05) is 13.7 Å². The molecule has 1 aliphatic rings. The quantitative estimate of drug-likeness (QED) is 0.452. The van der Waals surface area contributed by atoms with Crippen LogP contribution in [0.2, 0.25) is 0 Å². The molecule has 1 N–H and O–H groups in total. The lowest BCUT2D eigenvalue weighted by Crippen LogP contribution is -2.36. The van der Waals surface area contributed by atoms with E-state index in [2.05, 4.69) is 25.8 Å². The van der Waals surface area contributed by atoms with Crippen molar-refractivity contribution in [1.82, 2.24) is 30.5 Å². The van der Waals surface area contributed by atoms with E-state index in [9.17, 15) is 4.79 Å². The number of methoxy groups -OCH3 is 1. The average Bonchev–Trinajstić information content (AvgIpc) is 3.20. The number of carbonyl (C=O) groups excluding carboxylic acids is 1. The molecule has 3 heterocycles. The summed E-state index contributed by atoms with van der Waals surface area (Å²) in [5.74, 6) is 1.66. The summed E-state index contributed by atoms with van der Waals surface area (Å²) in [5.41, 5.74) is 1.09. The van der Waals surface area contributed by atoms with Crippen molar-refractivity contribution in [1.29, 1.82) is 0 Å². The Morgan fingerprint density at radius 2 is 2.13 bits per heavy atom. The third-order valence-electron chi connectivity index (χ3n) is 5.38. The lowest BCUT2D eigenvalue weighted by Gasteiger charge is -2.16. The van der Waals surface area contributed by atoms with Gasteiger partial charge in [0.05, 0.1) is 30.1 Å². The molecule has 9 nitrogen and oxygen atoms in total. The molecule has 1 saturated carbocycles. The van der Waals surface area contributed by atoms with Crippen molar-refractivity contribution in [2.24, 2.45) is 0 Å². The van der Waals surface area contributed by atoms with Gasteiger partial charge in [0.25, 0.3) is 5.89 Å². The SMILES string of the molecule is COc1ccc(C2(C(=O)NCCn3cc(-c4nc(-c5cccs5)no4)nn3)CC2)cc1. The van der Waals surface area contributed by atoms with Gasteiger partial charge in [-0.25, -0.2) is 4.68 Å². The Morgan fingerprint density at radius 1 is 1.29 bits per heavy atom. The zero-order chi connectivity index (χ0) is 21.3. The van der Waals surface area contributed by atoms with Gasteiger partial charge in [-0.3, -0.25) is 4.79 Å². The van der Waals surface area contributed by atoms with E-state index in [0.29, 0.717) is 30.5 Å². The fourth-order valence-electron chi connectivity index (χ4n) is 3.47. The van der Waals surface area contributed by atoms with Crippen LogP contribution in [0.3, 0.4) is 0 Å². The van der Waals surface area contributed by atoms with Crippen LogP contribution in [0.15, 0.2) is 52.5 Å². The highest BCUT2D eigenvalue weighted by Gasteiger charge is 2.51.